The van der Waals surface area contributed by atoms with Crippen LogP contribution in [0.4, 0.5) is 5.69 Å². The van der Waals surface area contributed by atoms with E-state index < -0.39 is 0 Å². The van der Waals surface area contributed by atoms with Gasteiger partial charge in [-0.1, -0.05) is 11.6 Å². The van der Waals surface area contributed by atoms with Crippen molar-refractivity contribution in [3.05, 3.63) is 23.2 Å². The van der Waals surface area contributed by atoms with Crippen LogP contribution in [0.25, 0.3) is 0 Å². The Balaban J connectivity index is 1.85. The third kappa shape index (κ3) is 5.36. The number of benzene rings is 1. The van der Waals surface area contributed by atoms with E-state index in [1.807, 2.05) is 4.90 Å². The molecule has 2 amide bonds. The number of nitrogens with zero attached hydrogens (tertiary/aromatic N) is 2. The maximum Gasteiger partial charge on any atom is 0.238 e. The summed E-state index contributed by atoms with van der Waals surface area (Å²) in [5, 5.41) is 6.47. The van der Waals surface area contributed by atoms with Gasteiger partial charge in [-0.05, 0) is 25.2 Å². The summed E-state index contributed by atoms with van der Waals surface area (Å²) in [4.78, 5) is 27.9. The number of hydrogen-bond donors (Lipinski definition) is 2. The summed E-state index contributed by atoms with van der Waals surface area (Å²) in [6.45, 7) is 3.35. The van der Waals surface area contributed by atoms with Gasteiger partial charge < -0.3 is 20.3 Å². The minimum absolute atomic E-state index is 0.0344. The fraction of sp³-hybridized carbons (Fsp3) is 0.500. The van der Waals surface area contributed by atoms with Gasteiger partial charge in [0.05, 0.1) is 25.9 Å². The number of likely N-dealkylation sites (N-methyl/N-ethyl adjacent to an activating group) is 1. The summed E-state index contributed by atoms with van der Waals surface area (Å²) in [6.07, 6.45) is 0. The number of ether oxygens (including phenoxy) is 1. The van der Waals surface area contributed by atoms with Crippen molar-refractivity contribution in [3.63, 3.8) is 0 Å². The Kier molecular flexibility index (Phi) is 6.84. The summed E-state index contributed by atoms with van der Waals surface area (Å²) >= 11 is 5.95. The number of methoxy groups -OCH3 is 1. The third-order valence-corrected chi connectivity index (χ3v) is 3.96. The van der Waals surface area contributed by atoms with Gasteiger partial charge in [0.1, 0.15) is 5.75 Å². The molecule has 8 heteroatoms. The molecule has 1 heterocycles. The Morgan fingerprint density at radius 1 is 1.33 bits per heavy atom. The number of carbonyl (C=O) groups is 2. The summed E-state index contributed by atoms with van der Waals surface area (Å²) < 4.78 is 5.20. The first kappa shape index (κ1) is 18.5. The summed E-state index contributed by atoms with van der Waals surface area (Å²) in [5.41, 5.74) is 0.511. The zero-order valence-electron chi connectivity index (χ0n) is 14.0. The molecule has 132 valence electrons. The van der Waals surface area contributed by atoms with Crippen molar-refractivity contribution < 1.29 is 14.3 Å². The number of nitrogens with one attached hydrogen (secondary N) is 2. The highest BCUT2D eigenvalue weighted by molar-refractivity contribution is 6.31. The van der Waals surface area contributed by atoms with E-state index in [1.54, 1.807) is 30.1 Å². The standard InChI is InChI=1S/C16H23ClN4O3/c1-20(11-16(23)21-7-5-18-6-8-21)10-15(22)19-13-9-12(17)3-4-14(13)24-2/h3-4,9,18H,5-8,10-11H2,1-2H3,(H,19,22). The molecule has 0 unspecified atom stereocenters. The molecule has 0 atom stereocenters. The van der Waals surface area contributed by atoms with E-state index in [4.69, 9.17) is 16.3 Å². The second-order valence-electron chi connectivity index (χ2n) is 5.70. The largest absolute Gasteiger partial charge is 0.495 e. The number of anilines is 1. The summed E-state index contributed by atoms with van der Waals surface area (Å²) in [6, 6.07) is 5.01. The molecule has 0 spiro atoms. The van der Waals surface area contributed by atoms with Crippen LogP contribution in [0.2, 0.25) is 5.02 Å². The van der Waals surface area contributed by atoms with Crippen LogP contribution in [-0.4, -0.2) is 75.0 Å². The molecule has 0 bridgehead atoms. The lowest BCUT2D eigenvalue weighted by Crippen LogP contribution is -2.49. The van der Waals surface area contributed by atoms with E-state index in [2.05, 4.69) is 10.6 Å². The first-order chi connectivity index (χ1) is 11.5. The molecule has 1 saturated heterocycles. The van der Waals surface area contributed by atoms with Crippen molar-refractivity contribution in [2.24, 2.45) is 0 Å². The molecule has 24 heavy (non-hydrogen) atoms. The first-order valence-corrected chi connectivity index (χ1v) is 8.18. The van der Waals surface area contributed by atoms with Crippen LogP contribution in [0.15, 0.2) is 18.2 Å². The number of piperazine rings is 1. The lowest BCUT2D eigenvalue weighted by Gasteiger charge is -2.29. The highest BCUT2D eigenvalue weighted by Crippen LogP contribution is 2.27. The lowest BCUT2D eigenvalue weighted by atomic mass is 10.3. The lowest BCUT2D eigenvalue weighted by molar-refractivity contribution is -0.133. The second kappa shape index (κ2) is 8.86. The third-order valence-electron chi connectivity index (χ3n) is 3.72. The predicted molar refractivity (Wildman–Crippen MR) is 93.6 cm³/mol. The van der Waals surface area contributed by atoms with Gasteiger partial charge in [0, 0.05) is 31.2 Å². The Bertz CT molecular complexity index is 591. The van der Waals surface area contributed by atoms with Gasteiger partial charge in [0.2, 0.25) is 11.8 Å². The van der Waals surface area contributed by atoms with Gasteiger partial charge in [-0.25, -0.2) is 0 Å². The number of halogens is 1. The van der Waals surface area contributed by atoms with Gasteiger partial charge in [-0.15, -0.1) is 0 Å². The molecule has 7 nitrogen and oxygen atoms in total. The average Bonchev–Trinajstić information content (AvgIpc) is 2.55. The molecule has 1 fully saturated rings. The molecular formula is C16H23ClN4O3. The van der Waals surface area contributed by atoms with Crippen molar-refractivity contribution >= 4 is 29.1 Å². The number of amides is 2. The van der Waals surface area contributed by atoms with Crippen molar-refractivity contribution in [2.45, 2.75) is 0 Å². The van der Waals surface area contributed by atoms with Crippen molar-refractivity contribution in [2.75, 3.05) is 58.7 Å². The van der Waals surface area contributed by atoms with Gasteiger partial charge in [0.25, 0.3) is 0 Å². The van der Waals surface area contributed by atoms with Crippen molar-refractivity contribution in [3.8, 4) is 5.75 Å². The van der Waals surface area contributed by atoms with E-state index in [9.17, 15) is 9.59 Å². The van der Waals surface area contributed by atoms with Gasteiger partial charge in [0.15, 0.2) is 0 Å². The molecule has 2 N–H and O–H groups in total. The number of hydrogen-bond acceptors (Lipinski definition) is 5. The molecule has 0 aromatic heterocycles. The molecule has 2 rings (SSSR count). The molecule has 0 radical (unpaired) electrons. The minimum Gasteiger partial charge on any atom is -0.495 e. The SMILES string of the molecule is COc1ccc(Cl)cc1NC(=O)CN(C)CC(=O)N1CCNCC1. The fourth-order valence-electron chi connectivity index (χ4n) is 2.51. The monoisotopic (exact) mass is 354 g/mol. The van der Waals surface area contributed by atoms with Crippen LogP contribution in [0, 0.1) is 0 Å². The molecular weight excluding hydrogens is 332 g/mol. The highest BCUT2D eigenvalue weighted by Gasteiger charge is 2.19. The zero-order chi connectivity index (χ0) is 17.5. The quantitative estimate of drug-likeness (QED) is 0.784. The maximum absolute atomic E-state index is 12.2. The number of carbonyl (C=O) groups excluding carboxylic acids is 2. The van der Waals surface area contributed by atoms with Crippen LogP contribution in [0.1, 0.15) is 0 Å². The zero-order valence-corrected chi connectivity index (χ0v) is 14.7. The minimum atomic E-state index is -0.230. The Labute approximate surface area is 146 Å². The van der Waals surface area contributed by atoms with Crippen molar-refractivity contribution in [1.29, 1.82) is 0 Å². The van der Waals surface area contributed by atoms with Crippen LogP contribution in [-0.2, 0) is 9.59 Å². The summed E-state index contributed by atoms with van der Waals surface area (Å²) in [5.74, 6) is 0.339. The van der Waals surface area contributed by atoms with E-state index >= 15 is 0 Å². The molecule has 1 aliphatic heterocycles. The molecule has 1 aromatic rings. The van der Waals surface area contributed by atoms with Gasteiger partial charge >= 0.3 is 0 Å². The van der Waals surface area contributed by atoms with Crippen LogP contribution in [0.3, 0.4) is 0 Å². The normalized spacial score (nSPS) is 14.6. The van der Waals surface area contributed by atoms with Crippen LogP contribution in [0.5, 0.6) is 5.75 Å². The topological polar surface area (TPSA) is 73.9 Å². The van der Waals surface area contributed by atoms with Gasteiger partial charge in [-0.3, -0.25) is 14.5 Å². The predicted octanol–water partition coefficient (Wildman–Crippen LogP) is 0.651. The Morgan fingerprint density at radius 2 is 2.04 bits per heavy atom. The van der Waals surface area contributed by atoms with E-state index in [0.29, 0.717) is 29.5 Å². The Morgan fingerprint density at radius 3 is 2.71 bits per heavy atom. The average molecular weight is 355 g/mol. The van der Waals surface area contributed by atoms with Crippen molar-refractivity contribution in [1.82, 2.24) is 15.1 Å². The molecule has 1 aromatic carbocycles. The van der Waals surface area contributed by atoms with E-state index in [0.717, 1.165) is 13.1 Å². The van der Waals surface area contributed by atoms with E-state index in [-0.39, 0.29) is 24.9 Å². The second-order valence-corrected chi connectivity index (χ2v) is 6.13. The highest BCUT2D eigenvalue weighted by atomic mass is 35.5. The molecule has 1 aliphatic rings. The smallest absolute Gasteiger partial charge is 0.238 e. The van der Waals surface area contributed by atoms with Gasteiger partial charge in [-0.2, -0.15) is 0 Å². The number of rotatable bonds is 6. The Hall–Kier alpha value is -1.83. The van der Waals surface area contributed by atoms with Crippen LogP contribution < -0.4 is 15.4 Å². The summed E-state index contributed by atoms with van der Waals surface area (Å²) in [7, 11) is 3.27. The maximum atomic E-state index is 12.2. The molecule has 0 aliphatic carbocycles. The van der Waals surface area contributed by atoms with Crippen LogP contribution >= 0.6 is 11.6 Å². The fourth-order valence-corrected chi connectivity index (χ4v) is 2.69. The van der Waals surface area contributed by atoms with E-state index in [1.165, 1.54) is 7.11 Å². The molecule has 0 saturated carbocycles. The first-order valence-electron chi connectivity index (χ1n) is 7.80.